The van der Waals surface area contributed by atoms with Crippen LogP contribution in [0, 0.1) is 11.6 Å². The molecule has 0 N–H and O–H groups in total. The first-order valence-electron chi connectivity index (χ1n) is 7.03. The second kappa shape index (κ2) is 8.49. The van der Waals surface area contributed by atoms with Crippen molar-refractivity contribution in [2.24, 2.45) is 0 Å². The van der Waals surface area contributed by atoms with Gasteiger partial charge in [0.1, 0.15) is 11.6 Å². The molecule has 22 heavy (non-hydrogen) atoms. The molecule has 0 radical (unpaired) electrons. The van der Waals surface area contributed by atoms with Crippen molar-refractivity contribution < 1.29 is 13.2 Å². The molecule has 0 fully saturated rings. The van der Waals surface area contributed by atoms with Gasteiger partial charge >= 0.3 is 0 Å². The van der Waals surface area contributed by atoms with Crippen molar-refractivity contribution in [3.63, 3.8) is 0 Å². The van der Waals surface area contributed by atoms with Crippen molar-refractivity contribution in [1.82, 2.24) is 0 Å². The van der Waals surface area contributed by atoms with Gasteiger partial charge < -0.3 is 0 Å². The van der Waals surface area contributed by atoms with Gasteiger partial charge in [-0.05, 0) is 61.7 Å². The fourth-order valence-corrected chi connectivity index (χ4v) is 3.48. The molecule has 0 spiro atoms. The summed E-state index contributed by atoms with van der Waals surface area (Å²) in [5.74, 6) is -0.906. The Morgan fingerprint density at radius 3 is 2.41 bits per heavy atom. The van der Waals surface area contributed by atoms with Crippen LogP contribution in [0.1, 0.15) is 30.1 Å². The van der Waals surface area contributed by atoms with Gasteiger partial charge in [0.05, 0.1) is 6.67 Å². The van der Waals surface area contributed by atoms with Gasteiger partial charge in [-0.3, -0.25) is 4.39 Å². The molecule has 2 aromatic carbocycles. The van der Waals surface area contributed by atoms with Crippen molar-refractivity contribution in [3.05, 3.63) is 64.7 Å². The average Bonchev–Trinajstić information content (AvgIpc) is 2.51. The van der Waals surface area contributed by atoms with Gasteiger partial charge in [-0.2, -0.15) is 0 Å². The van der Waals surface area contributed by atoms with Gasteiger partial charge in [0.2, 0.25) is 0 Å². The van der Waals surface area contributed by atoms with Crippen molar-refractivity contribution >= 4 is 23.4 Å². The molecular formula is C17H16ClF3S. The van der Waals surface area contributed by atoms with E-state index in [0.29, 0.717) is 29.8 Å². The lowest BCUT2D eigenvalue weighted by Crippen LogP contribution is -2.00. The van der Waals surface area contributed by atoms with Crippen molar-refractivity contribution in [2.45, 2.75) is 29.4 Å². The van der Waals surface area contributed by atoms with Gasteiger partial charge in [-0.25, -0.2) is 8.78 Å². The minimum Gasteiger partial charge on any atom is -0.251 e. The molecule has 0 bridgehead atoms. The summed E-state index contributed by atoms with van der Waals surface area (Å²) in [5, 5.41) is 0.360. The van der Waals surface area contributed by atoms with E-state index in [4.69, 9.17) is 11.6 Å². The van der Waals surface area contributed by atoms with E-state index in [2.05, 4.69) is 0 Å². The zero-order chi connectivity index (χ0) is 15.9. The zero-order valence-corrected chi connectivity index (χ0v) is 13.4. The first-order chi connectivity index (χ1) is 10.6. The number of rotatable bonds is 7. The van der Waals surface area contributed by atoms with Crippen LogP contribution in [0.3, 0.4) is 0 Å². The van der Waals surface area contributed by atoms with E-state index < -0.39 is 18.3 Å². The van der Waals surface area contributed by atoms with Gasteiger partial charge in [0.25, 0.3) is 0 Å². The van der Waals surface area contributed by atoms with Crippen LogP contribution in [0.5, 0.6) is 0 Å². The summed E-state index contributed by atoms with van der Waals surface area (Å²) in [6, 6.07) is 10.6. The molecule has 0 aliphatic carbocycles. The predicted molar refractivity (Wildman–Crippen MR) is 86.2 cm³/mol. The van der Waals surface area contributed by atoms with Gasteiger partial charge in [0, 0.05) is 20.7 Å². The summed E-state index contributed by atoms with van der Waals surface area (Å²) in [6.07, 6.45) is 1.63. The average molecular weight is 345 g/mol. The SMILES string of the molecule is FCCCCC(Sc1ccc(Cl)cc1)c1cc(F)ccc1F. The number of thioether (sulfide) groups is 1. The molecule has 0 aromatic heterocycles. The Labute approximate surface area is 137 Å². The van der Waals surface area contributed by atoms with Crippen molar-refractivity contribution in [3.8, 4) is 0 Å². The third kappa shape index (κ3) is 4.96. The zero-order valence-electron chi connectivity index (χ0n) is 11.9. The minimum absolute atomic E-state index is 0.261. The van der Waals surface area contributed by atoms with E-state index in [9.17, 15) is 13.2 Å². The van der Waals surface area contributed by atoms with Gasteiger partial charge in [0.15, 0.2) is 0 Å². The Balaban J connectivity index is 2.21. The van der Waals surface area contributed by atoms with Gasteiger partial charge in [-0.1, -0.05) is 11.6 Å². The van der Waals surface area contributed by atoms with Crippen molar-refractivity contribution in [1.29, 1.82) is 0 Å². The Kier molecular flexibility index (Phi) is 6.65. The highest BCUT2D eigenvalue weighted by molar-refractivity contribution is 7.99. The number of benzene rings is 2. The van der Waals surface area contributed by atoms with Crippen molar-refractivity contribution in [2.75, 3.05) is 6.67 Å². The molecule has 2 aromatic rings. The van der Waals surface area contributed by atoms with Crippen LogP contribution in [0.15, 0.2) is 47.4 Å². The highest BCUT2D eigenvalue weighted by Gasteiger charge is 2.18. The maximum Gasteiger partial charge on any atom is 0.127 e. The largest absolute Gasteiger partial charge is 0.251 e. The lowest BCUT2D eigenvalue weighted by molar-refractivity contribution is 0.454. The highest BCUT2D eigenvalue weighted by atomic mass is 35.5. The van der Waals surface area contributed by atoms with E-state index in [1.54, 1.807) is 12.1 Å². The Morgan fingerprint density at radius 2 is 1.73 bits per heavy atom. The summed E-state index contributed by atoms with van der Waals surface area (Å²) < 4.78 is 39.8. The van der Waals surface area contributed by atoms with E-state index in [1.807, 2.05) is 12.1 Å². The molecule has 118 valence electrons. The maximum atomic E-state index is 14.0. The summed E-state index contributed by atoms with van der Waals surface area (Å²) in [4.78, 5) is 0.915. The standard InChI is InChI=1S/C17H16ClF3S/c18-12-4-7-14(8-5-12)22-17(3-1-2-10-19)15-11-13(20)6-9-16(15)21/h4-9,11,17H,1-3,10H2. The molecule has 0 aliphatic heterocycles. The van der Waals surface area contributed by atoms with Crippen LogP contribution < -0.4 is 0 Å². The Morgan fingerprint density at radius 1 is 1.00 bits per heavy atom. The lowest BCUT2D eigenvalue weighted by Gasteiger charge is -2.18. The number of alkyl halides is 1. The number of hydrogen-bond acceptors (Lipinski definition) is 1. The van der Waals surface area contributed by atoms with Crippen LogP contribution in [0.2, 0.25) is 5.02 Å². The molecular weight excluding hydrogens is 329 g/mol. The number of halogens is 4. The van der Waals surface area contributed by atoms with Gasteiger partial charge in [-0.15, -0.1) is 11.8 Å². The monoisotopic (exact) mass is 344 g/mol. The molecule has 5 heteroatoms. The molecule has 0 heterocycles. The molecule has 0 aliphatic rings. The maximum absolute atomic E-state index is 14.0. The molecule has 0 nitrogen and oxygen atoms in total. The molecule has 0 amide bonds. The quantitative estimate of drug-likeness (QED) is 0.403. The predicted octanol–water partition coefficient (Wildman–Crippen LogP) is 6.59. The van der Waals surface area contributed by atoms with E-state index in [0.717, 1.165) is 17.0 Å². The molecule has 2 rings (SSSR count). The fraction of sp³-hybridized carbons (Fsp3) is 0.294. The smallest absolute Gasteiger partial charge is 0.127 e. The van der Waals surface area contributed by atoms with E-state index in [1.165, 1.54) is 17.8 Å². The summed E-state index contributed by atoms with van der Waals surface area (Å²) in [5.41, 5.74) is 0.318. The fourth-order valence-electron chi connectivity index (χ4n) is 2.14. The Bertz CT molecular complexity index is 601. The van der Waals surface area contributed by atoms with Crippen LogP contribution in [0.4, 0.5) is 13.2 Å². The number of hydrogen-bond donors (Lipinski definition) is 0. The summed E-state index contributed by atoms with van der Waals surface area (Å²) in [7, 11) is 0. The van der Waals surface area contributed by atoms with E-state index in [-0.39, 0.29) is 5.25 Å². The topological polar surface area (TPSA) is 0 Å². The molecule has 0 saturated heterocycles. The van der Waals surface area contributed by atoms with Crippen LogP contribution >= 0.6 is 23.4 Å². The lowest BCUT2D eigenvalue weighted by atomic mass is 10.1. The molecule has 1 unspecified atom stereocenters. The first kappa shape index (κ1) is 17.2. The third-order valence-electron chi connectivity index (χ3n) is 3.25. The van der Waals surface area contributed by atoms with E-state index >= 15 is 0 Å². The normalized spacial score (nSPS) is 12.4. The molecule has 1 atom stereocenters. The second-order valence-electron chi connectivity index (χ2n) is 4.91. The highest BCUT2D eigenvalue weighted by Crippen LogP contribution is 2.40. The second-order valence-corrected chi connectivity index (χ2v) is 6.62. The van der Waals surface area contributed by atoms with Crippen LogP contribution in [-0.2, 0) is 0 Å². The summed E-state index contributed by atoms with van der Waals surface area (Å²) >= 11 is 7.29. The Hall–Kier alpha value is -1.13. The minimum atomic E-state index is -0.469. The molecule has 0 saturated carbocycles. The van der Waals surface area contributed by atoms with Crippen LogP contribution in [0.25, 0.3) is 0 Å². The summed E-state index contributed by atoms with van der Waals surface area (Å²) in [6.45, 7) is -0.399. The number of unbranched alkanes of at least 4 members (excludes halogenated alkanes) is 1. The first-order valence-corrected chi connectivity index (χ1v) is 8.29. The third-order valence-corrected chi connectivity index (χ3v) is 4.82. The van der Waals surface area contributed by atoms with Crippen LogP contribution in [-0.4, -0.2) is 6.67 Å².